The summed E-state index contributed by atoms with van der Waals surface area (Å²) in [5.41, 5.74) is 0. The first-order valence-electron chi connectivity index (χ1n) is 8.20. The Morgan fingerprint density at radius 2 is 1.89 bits per heavy atom. The van der Waals surface area contributed by atoms with Gasteiger partial charge in [0.05, 0.1) is 0 Å². The fourth-order valence-corrected chi connectivity index (χ4v) is 3.55. The second-order valence-electron chi connectivity index (χ2n) is 6.81. The van der Waals surface area contributed by atoms with Crippen LogP contribution in [0.3, 0.4) is 0 Å². The van der Waals surface area contributed by atoms with Crippen molar-refractivity contribution < 1.29 is 0 Å². The maximum Gasteiger partial charge on any atom is 0.00954 e. The van der Waals surface area contributed by atoms with Crippen molar-refractivity contribution in [3.8, 4) is 0 Å². The van der Waals surface area contributed by atoms with Crippen LogP contribution in [0.1, 0.15) is 58.8 Å². The van der Waals surface area contributed by atoms with E-state index in [4.69, 9.17) is 0 Å². The van der Waals surface area contributed by atoms with E-state index in [9.17, 15) is 0 Å². The predicted octanol–water partition coefficient (Wildman–Crippen LogP) is 3.28. The molecule has 106 valence electrons. The average molecular weight is 252 g/mol. The molecule has 2 aliphatic rings. The summed E-state index contributed by atoms with van der Waals surface area (Å²) in [5.74, 6) is 1.83. The minimum atomic E-state index is 0.868. The molecule has 0 aromatic heterocycles. The molecule has 0 saturated carbocycles. The summed E-state index contributed by atoms with van der Waals surface area (Å²) >= 11 is 0. The zero-order chi connectivity index (χ0) is 12.8. The number of hydrogen-bond acceptors (Lipinski definition) is 2. The van der Waals surface area contributed by atoms with Gasteiger partial charge in [0.2, 0.25) is 0 Å². The van der Waals surface area contributed by atoms with Crippen LogP contribution in [-0.2, 0) is 0 Å². The number of likely N-dealkylation sites (tertiary alicyclic amines) is 1. The predicted molar refractivity (Wildman–Crippen MR) is 78.9 cm³/mol. The van der Waals surface area contributed by atoms with E-state index in [2.05, 4.69) is 24.1 Å². The number of hydrogen-bond donors (Lipinski definition) is 1. The lowest BCUT2D eigenvalue weighted by Crippen LogP contribution is -2.44. The smallest absolute Gasteiger partial charge is 0.00954 e. The second kappa shape index (κ2) is 7.49. The lowest BCUT2D eigenvalue weighted by Gasteiger charge is -2.39. The van der Waals surface area contributed by atoms with Gasteiger partial charge in [-0.2, -0.15) is 0 Å². The summed E-state index contributed by atoms with van der Waals surface area (Å²) in [4.78, 5) is 2.84. The number of nitrogens with one attached hydrogen (secondary N) is 1. The van der Waals surface area contributed by atoms with Crippen LogP contribution >= 0.6 is 0 Å². The van der Waals surface area contributed by atoms with Gasteiger partial charge in [-0.25, -0.2) is 0 Å². The Morgan fingerprint density at radius 1 is 1.11 bits per heavy atom. The summed E-state index contributed by atoms with van der Waals surface area (Å²) in [5, 5.41) is 3.48. The van der Waals surface area contributed by atoms with Crippen molar-refractivity contribution in [3.63, 3.8) is 0 Å². The van der Waals surface area contributed by atoms with Gasteiger partial charge in [-0.3, -0.25) is 0 Å². The third-order valence-corrected chi connectivity index (χ3v) is 4.78. The van der Waals surface area contributed by atoms with E-state index in [0.29, 0.717) is 0 Å². The molecule has 18 heavy (non-hydrogen) atoms. The van der Waals surface area contributed by atoms with Crippen molar-refractivity contribution in [3.05, 3.63) is 0 Å². The Hall–Kier alpha value is -0.0800. The zero-order valence-corrected chi connectivity index (χ0v) is 12.5. The van der Waals surface area contributed by atoms with Crippen LogP contribution in [0.2, 0.25) is 0 Å². The Bertz CT molecular complexity index is 221. The molecule has 1 unspecified atom stereocenters. The van der Waals surface area contributed by atoms with Crippen LogP contribution in [-0.4, -0.2) is 37.1 Å². The Kier molecular flexibility index (Phi) is 5.97. The van der Waals surface area contributed by atoms with E-state index in [1.54, 1.807) is 0 Å². The molecule has 2 nitrogen and oxygen atoms in total. The van der Waals surface area contributed by atoms with Crippen molar-refractivity contribution in [1.29, 1.82) is 0 Å². The quantitative estimate of drug-likeness (QED) is 0.808. The molecule has 2 aliphatic heterocycles. The monoisotopic (exact) mass is 252 g/mol. The lowest BCUT2D eigenvalue weighted by atomic mass is 9.91. The van der Waals surface area contributed by atoms with Gasteiger partial charge in [0, 0.05) is 12.6 Å². The van der Waals surface area contributed by atoms with Crippen LogP contribution in [0.25, 0.3) is 0 Å². The topological polar surface area (TPSA) is 15.3 Å². The van der Waals surface area contributed by atoms with Gasteiger partial charge in [-0.15, -0.1) is 0 Å². The summed E-state index contributed by atoms with van der Waals surface area (Å²) in [6.07, 6.45) is 9.99. The average Bonchev–Trinajstić information content (AvgIpc) is 2.39. The molecular formula is C16H32N2. The molecule has 0 spiro atoms. The summed E-state index contributed by atoms with van der Waals surface area (Å²) in [6, 6.07) is 0.899. The number of piperidine rings is 2. The highest BCUT2D eigenvalue weighted by Crippen LogP contribution is 2.25. The van der Waals surface area contributed by atoms with Crippen molar-refractivity contribution in [1.82, 2.24) is 10.2 Å². The van der Waals surface area contributed by atoms with Crippen molar-refractivity contribution in [2.75, 3.05) is 26.2 Å². The van der Waals surface area contributed by atoms with E-state index in [0.717, 1.165) is 17.9 Å². The molecule has 0 aromatic carbocycles. The third kappa shape index (κ3) is 4.55. The molecule has 2 rings (SSSR count). The van der Waals surface area contributed by atoms with Gasteiger partial charge in [0.25, 0.3) is 0 Å². The van der Waals surface area contributed by atoms with Gasteiger partial charge in [-0.05, 0) is 70.0 Å². The minimum Gasteiger partial charge on any atom is -0.317 e. The standard InChI is InChI=1S/C16H32N2/c1-14(2)6-7-16-5-3-4-12-18(16)13-15-8-10-17-11-9-15/h14-17H,3-13H2,1-2H3. The molecule has 0 bridgehead atoms. The Labute approximate surface area is 114 Å². The molecule has 1 N–H and O–H groups in total. The maximum absolute atomic E-state index is 3.48. The molecule has 2 saturated heterocycles. The largest absolute Gasteiger partial charge is 0.317 e. The van der Waals surface area contributed by atoms with E-state index in [1.165, 1.54) is 71.1 Å². The van der Waals surface area contributed by atoms with Crippen LogP contribution < -0.4 is 5.32 Å². The molecule has 0 aromatic rings. The van der Waals surface area contributed by atoms with E-state index >= 15 is 0 Å². The van der Waals surface area contributed by atoms with Gasteiger partial charge < -0.3 is 10.2 Å². The first-order valence-corrected chi connectivity index (χ1v) is 8.20. The van der Waals surface area contributed by atoms with Crippen LogP contribution in [0, 0.1) is 11.8 Å². The van der Waals surface area contributed by atoms with E-state index < -0.39 is 0 Å². The Morgan fingerprint density at radius 3 is 2.61 bits per heavy atom. The maximum atomic E-state index is 3.48. The third-order valence-electron chi connectivity index (χ3n) is 4.78. The number of rotatable bonds is 5. The molecule has 0 aliphatic carbocycles. The molecule has 2 heterocycles. The lowest BCUT2D eigenvalue weighted by molar-refractivity contribution is 0.105. The van der Waals surface area contributed by atoms with Gasteiger partial charge in [0.15, 0.2) is 0 Å². The van der Waals surface area contributed by atoms with Gasteiger partial charge >= 0.3 is 0 Å². The first kappa shape index (κ1) is 14.3. The summed E-state index contributed by atoms with van der Waals surface area (Å²) in [7, 11) is 0. The van der Waals surface area contributed by atoms with Gasteiger partial charge in [0.1, 0.15) is 0 Å². The molecule has 2 heteroatoms. The molecular weight excluding hydrogens is 220 g/mol. The summed E-state index contributed by atoms with van der Waals surface area (Å²) in [6.45, 7) is 9.96. The summed E-state index contributed by atoms with van der Waals surface area (Å²) < 4.78 is 0. The zero-order valence-electron chi connectivity index (χ0n) is 12.5. The highest BCUT2D eigenvalue weighted by molar-refractivity contribution is 4.81. The fourth-order valence-electron chi connectivity index (χ4n) is 3.55. The SMILES string of the molecule is CC(C)CCC1CCCCN1CC1CCNCC1. The molecule has 0 amide bonds. The first-order chi connectivity index (χ1) is 8.75. The van der Waals surface area contributed by atoms with E-state index in [-0.39, 0.29) is 0 Å². The van der Waals surface area contributed by atoms with Crippen molar-refractivity contribution in [2.45, 2.75) is 64.8 Å². The van der Waals surface area contributed by atoms with Crippen molar-refractivity contribution >= 4 is 0 Å². The van der Waals surface area contributed by atoms with E-state index in [1.807, 2.05) is 0 Å². The highest BCUT2D eigenvalue weighted by atomic mass is 15.2. The van der Waals surface area contributed by atoms with Crippen LogP contribution in [0.4, 0.5) is 0 Å². The van der Waals surface area contributed by atoms with Crippen LogP contribution in [0.15, 0.2) is 0 Å². The van der Waals surface area contributed by atoms with Crippen LogP contribution in [0.5, 0.6) is 0 Å². The van der Waals surface area contributed by atoms with Crippen molar-refractivity contribution in [2.24, 2.45) is 11.8 Å². The van der Waals surface area contributed by atoms with Gasteiger partial charge in [-0.1, -0.05) is 20.3 Å². The Balaban J connectivity index is 1.78. The normalized spacial score (nSPS) is 27.8. The minimum absolute atomic E-state index is 0.868. The molecule has 2 fully saturated rings. The second-order valence-corrected chi connectivity index (χ2v) is 6.81. The molecule has 1 atom stereocenters. The fraction of sp³-hybridized carbons (Fsp3) is 1.00. The highest BCUT2D eigenvalue weighted by Gasteiger charge is 2.25. The number of nitrogens with zero attached hydrogens (tertiary/aromatic N) is 1. The molecule has 0 radical (unpaired) electrons.